The molecule has 0 bridgehead atoms. The van der Waals surface area contributed by atoms with Crippen LogP contribution in [0.25, 0.3) is 0 Å². The van der Waals surface area contributed by atoms with E-state index in [0.29, 0.717) is 24.2 Å². The Balaban J connectivity index is 2.60. The number of methoxy groups -OCH3 is 1. The lowest BCUT2D eigenvalue weighted by molar-refractivity contribution is 0.142. The van der Waals surface area contributed by atoms with Gasteiger partial charge in [-0.05, 0) is 31.4 Å². The molecule has 1 fully saturated rings. The lowest BCUT2D eigenvalue weighted by Crippen LogP contribution is -2.10. The van der Waals surface area contributed by atoms with Crippen molar-refractivity contribution in [2.75, 3.05) is 7.11 Å². The molecule has 0 heterocycles. The number of benzene rings is 1. The monoisotopic (exact) mass is 196 g/mol. The molecule has 0 amide bonds. The van der Waals surface area contributed by atoms with Crippen LogP contribution >= 0.6 is 0 Å². The summed E-state index contributed by atoms with van der Waals surface area (Å²) in [4.78, 5) is 0. The van der Waals surface area contributed by atoms with Crippen molar-refractivity contribution in [3.05, 3.63) is 29.1 Å². The molecule has 0 aromatic heterocycles. The molecule has 76 valence electrons. The number of aryl methyl sites for hydroxylation is 1. The fourth-order valence-electron chi connectivity index (χ4n) is 1.73. The van der Waals surface area contributed by atoms with Crippen LogP contribution in [-0.2, 0) is 5.60 Å². The minimum atomic E-state index is -0.985. The standard InChI is InChI=1S/C11H13FO2/c1-7-3-4-8(12)9(10(7)14-2)11(13)5-6-11/h3-4,13H,5-6H2,1-2H3. The second-order valence-electron chi connectivity index (χ2n) is 3.80. The van der Waals surface area contributed by atoms with Gasteiger partial charge in [0.05, 0.1) is 18.3 Å². The lowest BCUT2D eigenvalue weighted by Gasteiger charge is -2.16. The maximum atomic E-state index is 13.5. The summed E-state index contributed by atoms with van der Waals surface area (Å²) >= 11 is 0. The molecule has 1 aliphatic carbocycles. The highest BCUT2D eigenvalue weighted by Crippen LogP contribution is 2.50. The molecular weight excluding hydrogens is 183 g/mol. The van der Waals surface area contributed by atoms with Gasteiger partial charge in [0.15, 0.2) is 0 Å². The highest BCUT2D eigenvalue weighted by molar-refractivity contribution is 5.47. The second-order valence-corrected chi connectivity index (χ2v) is 3.80. The number of hydrogen-bond donors (Lipinski definition) is 1. The van der Waals surface area contributed by atoms with Gasteiger partial charge < -0.3 is 9.84 Å². The van der Waals surface area contributed by atoms with E-state index < -0.39 is 5.60 Å². The quantitative estimate of drug-likeness (QED) is 0.785. The van der Waals surface area contributed by atoms with Crippen molar-refractivity contribution in [3.8, 4) is 5.75 Å². The molecule has 0 aliphatic heterocycles. The number of ether oxygens (including phenoxy) is 1. The van der Waals surface area contributed by atoms with Crippen LogP contribution in [0.2, 0.25) is 0 Å². The number of hydrogen-bond acceptors (Lipinski definition) is 2. The zero-order valence-corrected chi connectivity index (χ0v) is 8.30. The third-order valence-corrected chi connectivity index (χ3v) is 2.70. The largest absolute Gasteiger partial charge is 0.496 e. The van der Waals surface area contributed by atoms with E-state index in [9.17, 15) is 9.50 Å². The highest BCUT2D eigenvalue weighted by Gasteiger charge is 2.46. The minimum absolute atomic E-state index is 0.319. The minimum Gasteiger partial charge on any atom is -0.496 e. The smallest absolute Gasteiger partial charge is 0.133 e. The summed E-state index contributed by atoms with van der Waals surface area (Å²) < 4.78 is 18.6. The van der Waals surface area contributed by atoms with Gasteiger partial charge in [-0.3, -0.25) is 0 Å². The van der Waals surface area contributed by atoms with E-state index in [1.165, 1.54) is 13.2 Å². The summed E-state index contributed by atoms with van der Waals surface area (Å²) in [5.74, 6) is 0.0949. The highest BCUT2D eigenvalue weighted by atomic mass is 19.1. The average Bonchev–Trinajstić information content (AvgIpc) is 2.88. The maximum Gasteiger partial charge on any atom is 0.133 e. The molecule has 2 rings (SSSR count). The zero-order chi connectivity index (χ0) is 10.3. The Labute approximate surface area is 82.3 Å². The molecule has 14 heavy (non-hydrogen) atoms. The molecule has 1 N–H and O–H groups in total. The van der Waals surface area contributed by atoms with Crippen molar-refractivity contribution < 1.29 is 14.2 Å². The number of aliphatic hydroxyl groups is 1. The van der Waals surface area contributed by atoms with Crippen LogP contribution in [0, 0.1) is 12.7 Å². The lowest BCUT2D eigenvalue weighted by atomic mass is 10.0. The van der Waals surface area contributed by atoms with E-state index in [4.69, 9.17) is 4.74 Å². The van der Waals surface area contributed by atoms with Gasteiger partial charge in [0.25, 0.3) is 0 Å². The number of halogens is 1. The molecule has 3 heteroatoms. The van der Waals surface area contributed by atoms with Crippen LogP contribution in [0.3, 0.4) is 0 Å². The van der Waals surface area contributed by atoms with E-state index in [1.807, 2.05) is 6.92 Å². The summed E-state index contributed by atoms with van der Waals surface area (Å²) in [6.07, 6.45) is 1.23. The third-order valence-electron chi connectivity index (χ3n) is 2.70. The van der Waals surface area contributed by atoms with E-state index in [2.05, 4.69) is 0 Å². The second kappa shape index (κ2) is 2.95. The van der Waals surface area contributed by atoms with Crippen molar-refractivity contribution in [3.63, 3.8) is 0 Å². The Kier molecular flexibility index (Phi) is 2.00. The fourth-order valence-corrected chi connectivity index (χ4v) is 1.73. The Bertz CT molecular complexity index is 370. The molecule has 1 aliphatic rings. The van der Waals surface area contributed by atoms with Crippen LogP contribution in [-0.4, -0.2) is 12.2 Å². The van der Waals surface area contributed by atoms with Crippen LogP contribution in [0.15, 0.2) is 12.1 Å². The van der Waals surface area contributed by atoms with E-state index >= 15 is 0 Å². The SMILES string of the molecule is COc1c(C)ccc(F)c1C1(O)CC1. The Morgan fingerprint density at radius 2 is 2.07 bits per heavy atom. The molecule has 0 saturated heterocycles. The van der Waals surface area contributed by atoms with Crippen LogP contribution in [0.4, 0.5) is 4.39 Å². The van der Waals surface area contributed by atoms with Crippen LogP contribution in [0.1, 0.15) is 24.0 Å². The molecule has 2 nitrogen and oxygen atoms in total. The summed E-state index contributed by atoms with van der Waals surface area (Å²) in [5, 5.41) is 9.90. The summed E-state index contributed by atoms with van der Waals surface area (Å²) in [7, 11) is 1.50. The molecule has 1 aromatic rings. The van der Waals surface area contributed by atoms with Crippen molar-refractivity contribution in [2.24, 2.45) is 0 Å². The topological polar surface area (TPSA) is 29.5 Å². The van der Waals surface area contributed by atoms with Crippen molar-refractivity contribution in [1.82, 2.24) is 0 Å². The Morgan fingerprint density at radius 3 is 2.57 bits per heavy atom. The van der Waals surface area contributed by atoms with Gasteiger partial charge in [-0.25, -0.2) is 4.39 Å². The predicted octanol–water partition coefficient (Wildman–Crippen LogP) is 2.12. The summed E-state index contributed by atoms with van der Waals surface area (Å²) in [6, 6.07) is 3.03. The van der Waals surface area contributed by atoms with Crippen LogP contribution in [0.5, 0.6) is 5.75 Å². The zero-order valence-electron chi connectivity index (χ0n) is 8.30. The fraction of sp³-hybridized carbons (Fsp3) is 0.455. The average molecular weight is 196 g/mol. The Morgan fingerprint density at radius 1 is 1.43 bits per heavy atom. The number of rotatable bonds is 2. The summed E-state index contributed by atoms with van der Waals surface area (Å²) in [6.45, 7) is 1.84. The first-order chi connectivity index (χ1) is 6.58. The third kappa shape index (κ3) is 1.28. The molecule has 0 radical (unpaired) electrons. The first-order valence-corrected chi connectivity index (χ1v) is 4.64. The predicted molar refractivity (Wildman–Crippen MR) is 50.8 cm³/mol. The molecule has 0 spiro atoms. The van der Waals surface area contributed by atoms with Gasteiger partial charge in [-0.15, -0.1) is 0 Å². The van der Waals surface area contributed by atoms with Gasteiger partial charge in [0, 0.05) is 0 Å². The van der Waals surface area contributed by atoms with Crippen LogP contribution < -0.4 is 4.74 Å². The van der Waals surface area contributed by atoms with E-state index in [-0.39, 0.29) is 5.82 Å². The normalized spacial score (nSPS) is 18.0. The molecule has 0 unspecified atom stereocenters. The summed E-state index contributed by atoms with van der Waals surface area (Å²) in [5.41, 5.74) is 0.186. The first kappa shape index (κ1) is 9.46. The van der Waals surface area contributed by atoms with Crippen molar-refractivity contribution in [1.29, 1.82) is 0 Å². The van der Waals surface area contributed by atoms with Gasteiger partial charge >= 0.3 is 0 Å². The van der Waals surface area contributed by atoms with Gasteiger partial charge in [-0.1, -0.05) is 6.07 Å². The Hall–Kier alpha value is -1.09. The van der Waals surface area contributed by atoms with Gasteiger partial charge in [0.1, 0.15) is 11.6 Å². The van der Waals surface area contributed by atoms with Gasteiger partial charge in [0.2, 0.25) is 0 Å². The van der Waals surface area contributed by atoms with E-state index in [1.54, 1.807) is 6.07 Å². The maximum absolute atomic E-state index is 13.5. The molecule has 0 atom stereocenters. The van der Waals surface area contributed by atoms with Crippen molar-refractivity contribution >= 4 is 0 Å². The molecular formula is C11H13FO2. The van der Waals surface area contributed by atoms with E-state index in [0.717, 1.165) is 5.56 Å². The van der Waals surface area contributed by atoms with Crippen molar-refractivity contribution in [2.45, 2.75) is 25.4 Å². The molecule has 1 aromatic carbocycles. The first-order valence-electron chi connectivity index (χ1n) is 4.64. The van der Waals surface area contributed by atoms with Gasteiger partial charge in [-0.2, -0.15) is 0 Å². The molecule has 1 saturated carbocycles.